The van der Waals surface area contributed by atoms with E-state index in [1.165, 1.54) is 0 Å². The first-order chi connectivity index (χ1) is 7.85. The molecule has 96 valence electrons. The Morgan fingerprint density at radius 1 is 1.24 bits per heavy atom. The first kappa shape index (κ1) is 14.1. The summed E-state index contributed by atoms with van der Waals surface area (Å²) in [6, 6.07) is 4.22. The largest absolute Gasteiger partial charge is 0.310 e. The molecule has 0 aliphatic heterocycles. The van der Waals surface area contributed by atoms with Gasteiger partial charge in [0.2, 0.25) is 0 Å². The quantitative estimate of drug-likeness (QED) is 0.838. The van der Waals surface area contributed by atoms with E-state index in [4.69, 9.17) is 0 Å². The fourth-order valence-electron chi connectivity index (χ4n) is 1.94. The molecule has 0 heterocycles. The van der Waals surface area contributed by atoms with Crippen LogP contribution in [0, 0.1) is 17.0 Å². The molecule has 1 atom stereocenters. The minimum atomic E-state index is -0.778. The lowest BCUT2D eigenvalue weighted by Crippen LogP contribution is -2.26. The van der Waals surface area contributed by atoms with Crippen LogP contribution in [0.3, 0.4) is 0 Å². The summed E-state index contributed by atoms with van der Waals surface area (Å²) in [6.45, 7) is 8.97. The lowest BCUT2D eigenvalue weighted by molar-refractivity contribution is 0.307. The number of hydrogen-bond acceptors (Lipinski definition) is 1. The van der Waals surface area contributed by atoms with Gasteiger partial charge >= 0.3 is 0 Å². The van der Waals surface area contributed by atoms with Gasteiger partial charge in [0.1, 0.15) is 0 Å². The number of benzene rings is 1. The number of nitrogens with one attached hydrogen (secondary N) is 1. The van der Waals surface area contributed by atoms with Gasteiger partial charge in [-0.15, -0.1) is 0 Å². The monoisotopic (exact) mass is 241 g/mol. The lowest BCUT2D eigenvalue weighted by Gasteiger charge is -2.27. The first-order valence-electron chi connectivity index (χ1n) is 6.02. The number of rotatable bonds is 4. The van der Waals surface area contributed by atoms with Gasteiger partial charge in [-0.1, -0.05) is 39.8 Å². The third-order valence-electron chi connectivity index (χ3n) is 2.62. The summed E-state index contributed by atoms with van der Waals surface area (Å²) in [5.41, 5.74) is 0.479. The second-order valence-electron chi connectivity index (χ2n) is 5.52. The molecule has 0 radical (unpaired) electrons. The summed E-state index contributed by atoms with van der Waals surface area (Å²) in [4.78, 5) is 0. The molecule has 3 heteroatoms. The van der Waals surface area contributed by atoms with Crippen LogP contribution in [-0.2, 0) is 0 Å². The molecule has 1 aromatic rings. The van der Waals surface area contributed by atoms with Gasteiger partial charge in [0.05, 0.1) is 0 Å². The molecular formula is C14H21F2N. The highest BCUT2D eigenvalue weighted by atomic mass is 19.2. The van der Waals surface area contributed by atoms with Crippen LogP contribution in [0.5, 0.6) is 0 Å². The molecule has 0 aromatic heterocycles. The molecule has 0 saturated heterocycles. The van der Waals surface area contributed by atoms with Crippen molar-refractivity contribution in [2.75, 3.05) is 6.54 Å². The molecule has 0 spiro atoms. The highest BCUT2D eigenvalue weighted by Crippen LogP contribution is 2.31. The van der Waals surface area contributed by atoms with Crippen LogP contribution in [0.15, 0.2) is 18.2 Å². The van der Waals surface area contributed by atoms with E-state index in [2.05, 4.69) is 26.1 Å². The number of halogens is 2. The Hall–Kier alpha value is -0.960. The lowest BCUT2D eigenvalue weighted by atomic mass is 9.85. The Balaban J connectivity index is 3.01. The zero-order valence-electron chi connectivity index (χ0n) is 11.0. The third-order valence-corrected chi connectivity index (χ3v) is 2.62. The van der Waals surface area contributed by atoms with Crippen molar-refractivity contribution >= 4 is 0 Å². The molecule has 0 saturated carbocycles. The molecule has 0 bridgehead atoms. The molecule has 1 N–H and O–H groups in total. The van der Waals surface area contributed by atoms with Crippen molar-refractivity contribution in [1.82, 2.24) is 5.32 Å². The van der Waals surface area contributed by atoms with Crippen LogP contribution in [0.25, 0.3) is 0 Å². The molecule has 1 aromatic carbocycles. The Bertz CT molecular complexity index is 369. The Morgan fingerprint density at radius 3 is 2.41 bits per heavy atom. The maximum absolute atomic E-state index is 13.7. The van der Waals surface area contributed by atoms with E-state index < -0.39 is 11.6 Å². The Morgan fingerprint density at radius 2 is 1.88 bits per heavy atom. The van der Waals surface area contributed by atoms with Gasteiger partial charge in [0, 0.05) is 11.6 Å². The molecule has 1 rings (SSSR count). The van der Waals surface area contributed by atoms with Crippen molar-refractivity contribution in [1.29, 1.82) is 0 Å². The maximum Gasteiger partial charge on any atom is 0.163 e. The minimum absolute atomic E-state index is 0.0611. The summed E-state index contributed by atoms with van der Waals surface area (Å²) in [6.07, 6.45) is 0.765. The first-order valence-corrected chi connectivity index (χ1v) is 6.02. The van der Waals surface area contributed by atoms with Crippen LogP contribution in [0.1, 0.15) is 45.7 Å². The van der Waals surface area contributed by atoms with Gasteiger partial charge < -0.3 is 5.32 Å². The van der Waals surface area contributed by atoms with Crippen LogP contribution >= 0.6 is 0 Å². The van der Waals surface area contributed by atoms with Crippen LogP contribution in [0.4, 0.5) is 8.78 Å². The smallest absolute Gasteiger partial charge is 0.163 e. The molecule has 0 aliphatic rings. The average Bonchev–Trinajstić information content (AvgIpc) is 2.19. The summed E-state index contributed by atoms with van der Waals surface area (Å²) in [7, 11) is 0. The molecule has 1 unspecified atom stereocenters. The SMILES string of the molecule is CCNC(CC(C)(C)C)c1cccc(F)c1F. The molecular weight excluding hydrogens is 220 g/mol. The standard InChI is InChI=1S/C14H21F2N/c1-5-17-12(9-14(2,3)4)10-7-6-8-11(15)13(10)16/h6-8,12,17H,5,9H2,1-4H3. The Kier molecular flexibility index (Phi) is 4.63. The highest BCUT2D eigenvalue weighted by molar-refractivity contribution is 5.22. The predicted molar refractivity (Wildman–Crippen MR) is 66.8 cm³/mol. The summed E-state index contributed by atoms with van der Waals surface area (Å²) in [5, 5.41) is 3.22. The van der Waals surface area contributed by atoms with Gasteiger partial charge in [-0.05, 0) is 24.4 Å². The zero-order valence-corrected chi connectivity index (χ0v) is 11.0. The summed E-state index contributed by atoms with van der Waals surface area (Å²) >= 11 is 0. The van der Waals surface area contributed by atoms with E-state index in [0.717, 1.165) is 19.0 Å². The van der Waals surface area contributed by atoms with E-state index in [0.29, 0.717) is 5.56 Å². The average molecular weight is 241 g/mol. The van der Waals surface area contributed by atoms with E-state index in [-0.39, 0.29) is 11.5 Å². The van der Waals surface area contributed by atoms with Crippen molar-refractivity contribution in [3.8, 4) is 0 Å². The van der Waals surface area contributed by atoms with E-state index in [1.54, 1.807) is 12.1 Å². The fourth-order valence-corrected chi connectivity index (χ4v) is 1.94. The molecule has 17 heavy (non-hydrogen) atoms. The van der Waals surface area contributed by atoms with Crippen molar-refractivity contribution in [2.45, 2.75) is 40.2 Å². The van der Waals surface area contributed by atoms with E-state index >= 15 is 0 Å². The summed E-state index contributed by atoms with van der Waals surface area (Å²) in [5.74, 6) is -1.51. The van der Waals surface area contributed by atoms with Gasteiger partial charge in [0.25, 0.3) is 0 Å². The maximum atomic E-state index is 13.7. The van der Waals surface area contributed by atoms with Gasteiger partial charge in [-0.2, -0.15) is 0 Å². The normalized spacial score (nSPS) is 13.8. The highest BCUT2D eigenvalue weighted by Gasteiger charge is 2.23. The topological polar surface area (TPSA) is 12.0 Å². The van der Waals surface area contributed by atoms with Gasteiger partial charge in [-0.25, -0.2) is 8.78 Å². The molecule has 0 fully saturated rings. The van der Waals surface area contributed by atoms with Crippen molar-refractivity contribution in [2.24, 2.45) is 5.41 Å². The van der Waals surface area contributed by atoms with E-state index in [1.807, 2.05) is 6.92 Å². The summed E-state index contributed by atoms with van der Waals surface area (Å²) < 4.78 is 26.9. The van der Waals surface area contributed by atoms with Crippen molar-refractivity contribution in [3.63, 3.8) is 0 Å². The number of hydrogen-bond donors (Lipinski definition) is 1. The zero-order chi connectivity index (χ0) is 13.1. The predicted octanol–water partition coefficient (Wildman–Crippen LogP) is 4.05. The van der Waals surface area contributed by atoms with Crippen LogP contribution in [0.2, 0.25) is 0 Å². The third kappa shape index (κ3) is 4.08. The molecule has 0 aliphatic carbocycles. The molecule has 1 nitrogen and oxygen atoms in total. The second kappa shape index (κ2) is 5.58. The van der Waals surface area contributed by atoms with E-state index in [9.17, 15) is 8.78 Å². The minimum Gasteiger partial charge on any atom is -0.310 e. The van der Waals surface area contributed by atoms with Crippen LogP contribution < -0.4 is 5.32 Å². The Labute approximate surface area is 102 Å². The fraction of sp³-hybridized carbons (Fsp3) is 0.571. The van der Waals surface area contributed by atoms with Gasteiger partial charge in [0.15, 0.2) is 11.6 Å². The van der Waals surface area contributed by atoms with Crippen molar-refractivity contribution in [3.05, 3.63) is 35.4 Å². The second-order valence-corrected chi connectivity index (χ2v) is 5.52. The van der Waals surface area contributed by atoms with Gasteiger partial charge in [-0.3, -0.25) is 0 Å². The molecule has 0 amide bonds. The van der Waals surface area contributed by atoms with Crippen molar-refractivity contribution < 1.29 is 8.78 Å². The van der Waals surface area contributed by atoms with Crippen LogP contribution in [-0.4, -0.2) is 6.54 Å².